The summed E-state index contributed by atoms with van der Waals surface area (Å²) in [6.07, 6.45) is -2.11. The fourth-order valence-corrected chi connectivity index (χ4v) is 4.32. The van der Waals surface area contributed by atoms with E-state index >= 15 is 0 Å². The smallest absolute Gasteiger partial charge is 0.322 e. The number of aromatic nitrogens is 5. The van der Waals surface area contributed by atoms with Gasteiger partial charge in [-0.15, -0.1) is 0 Å². The molecule has 9 nitrogen and oxygen atoms in total. The van der Waals surface area contributed by atoms with Crippen LogP contribution in [0.3, 0.4) is 0 Å². The first-order valence-corrected chi connectivity index (χ1v) is 11.8. The number of aryl methyl sites for hydroxylation is 2. The van der Waals surface area contributed by atoms with E-state index < -0.39 is 17.6 Å². The van der Waals surface area contributed by atoms with Crippen LogP contribution in [0, 0.1) is 11.3 Å². The van der Waals surface area contributed by atoms with Crippen LogP contribution >= 0.6 is 0 Å². The molecule has 0 bridgehead atoms. The molecular formula is C27H20F3N7O2. The third-order valence-corrected chi connectivity index (χ3v) is 6.21. The Morgan fingerprint density at radius 2 is 1.87 bits per heavy atom. The molecule has 1 amide bonds. The van der Waals surface area contributed by atoms with Gasteiger partial charge in [-0.1, -0.05) is 25.1 Å². The molecule has 196 valence electrons. The molecule has 0 saturated heterocycles. The van der Waals surface area contributed by atoms with Crippen LogP contribution in [0.5, 0.6) is 0 Å². The molecule has 0 saturated carbocycles. The van der Waals surface area contributed by atoms with Crippen molar-refractivity contribution >= 4 is 17.1 Å². The Labute approximate surface area is 219 Å². The van der Waals surface area contributed by atoms with Gasteiger partial charge in [-0.3, -0.25) is 9.36 Å². The second kappa shape index (κ2) is 9.60. The molecule has 5 rings (SSSR count). The summed E-state index contributed by atoms with van der Waals surface area (Å²) in [6.45, 7) is 1.82. The zero-order chi connectivity index (χ0) is 27.9. The Balaban J connectivity index is 1.64. The first-order valence-electron chi connectivity index (χ1n) is 11.8. The number of benzene rings is 2. The maximum Gasteiger partial charge on any atom is 0.417 e. The molecule has 0 atom stereocenters. The van der Waals surface area contributed by atoms with Gasteiger partial charge >= 0.3 is 11.9 Å². The van der Waals surface area contributed by atoms with Crippen LogP contribution < -0.4 is 11.0 Å². The van der Waals surface area contributed by atoms with Gasteiger partial charge in [0.15, 0.2) is 0 Å². The number of alkyl halides is 3. The largest absolute Gasteiger partial charge is 0.417 e. The normalized spacial score (nSPS) is 11.5. The minimum absolute atomic E-state index is 0.209. The van der Waals surface area contributed by atoms with Crippen LogP contribution in [0.25, 0.3) is 22.5 Å². The van der Waals surface area contributed by atoms with Gasteiger partial charge in [-0.2, -0.15) is 33.3 Å². The number of nitrogens with one attached hydrogen (secondary N) is 1. The molecule has 2 aromatic carbocycles. The molecule has 0 spiro atoms. The van der Waals surface area contributed by atoms with E-state index in [9.17, 15) is 22.8 Å². The average molecular weight is 531 g/mol. The lowest BCUT2D eigenvalue weighted by Crippen LogP contribution is -2.21. The number of anilines is 1. The standard InChI is InChI=1S/C27H20F3N7O2/c1-3-21-23(17-7-9-20(10-8-17)37-26(39)35(2)15-32-37)34-36-14-18(27(28,29)30)12-22(24(21)36)25(38)33-19-6-4-5-16(11-19)13-31/h4-12,14-15H,3H2,1-2H3,(H,33,38). The summed E-state index contributed by atoms with van der Waals surface area (Å²) in [5.74, 6) is -0.771. The molecule has 3 aromatic heterocycles. The van der Waals surface area contributed by atoms with Gasteiger partial charge in [0.25, 0.3) is 5.91 Å². The predicted octanol–water partition coefficient (Wildman–Crippen LogP) is 4.59. The fourth-order valence-electron chi connectivity index (χ4n) is 4.32. The van der Waals surface area contributed by atoms with Gasteiger partial charge in [0.2, 0.25) is 0 Å². The number of rotatable bonds is 5. The van der Waals surface area contributed by atoms with Crippen molar-refractivity contribution in [1.29, 1.82) is 5.26 Å². The van der Waals surface area contributed by atoms with E-state index in [0.29, 0.717) is 34.5 Å². The Hall–Kier alpha value is -5.18. The quantitative estimate of drug-likeness (QED) is 0.357. The molecule has 0 radical (unpaired) electrons. The van der Waals surface area contributed by atoms with E-state index in [1.54, 1.807) is 49.5 Å². The van der Waals surface area contributed by atoms with E-state index in [0.717, 1.165) is 16.8 Å². The minimum Gasteiger partial charge on any atom is -0.322 e. The van der Waals surface area contributed by atoms with Crippen molar-refractivity contribution in [2.24, 2.45) is 7.05 Å². The third kappa shape index (κ3) is 4.66. The van der Waals surface area contributed by atoms with Gasteiger partial charge in [0.05, 0.1) is 39.7 Å². The first kappa shape index (κ1) is 25.5. The maximum atomic E-state index is 13.8. The van der Waals surface area contributed by atoms with Crippen LogP contribution in [0.4, 0.5) is 18.9 Å². The number of carbonyl (C=O) groups is 1. The summed E-state index contributed by atoms with van der Waals surface area (Å²) in [7, 11) is 1.58. The highest BCUT2D eigenvalue weighted by molar-refractivity contribution is 6.10. The van der Waals surface area contributed by atoms with Crippen molar-refractivity contribution in [1.82, 2.24) is 24.0 Å². The monoisotopic (exact) mass is 531 g/mol. The van der Waals surface area contributed by atoms with Crippen molar-refractivity contribution in [3.8, 4) is 23.0 Å². The number of nitriles is 1. The summed E-state index contributed by atoms with van der Waals surface area (Å²) >= 11 is 0. The number of hydrogen-bond donors (Lipinski definition) is 1. The third-order valence-electron chi connectivity index (χ3n) is 6.21. The van der Waals surface area contributed by atoms with E-state index in [4.69, 9.17) is 5.26 Å². The molecule has 5 aromatic rings. The average Bonchev–Trinajstić information content (AvgIpc) is 3.47. The van der Waals surface area contributed by atoms with E-state index in [1.807, 2.05) is 13.0 Å². The summed E-state index contributed by atoms with van der Waals surface area (Å²) in [5, 5.41) is 20.2. The topological polar surface area (TPSA) is 110 Å². The van der Waals surface area contributed by atoms with Gasteiger partial charge < -0.3 is 5.32 Å². The lowest BCUT2D eigenvalue weighted by atomic mass is 10.0. The van der Waals surface area contributed by atoms with E-state index in [2.05, 4.69) is 15.5 Å². The summed E-state index contributed by atoms with van der Waals surface area (Å²) in [5.41, 5.74) is 1.29. The van der Waals surface area contributed by atoms with Gasteiger partial charge in [0.1, 0.15) is 6.33 Å². The SMILES string of the molecule is CCc1c(-c2ccc(-n3ncn(C)c3=O)cc2)nn2cc(C(F)(F)F)cc(C(=O)Nc3cccc(C#N)c3)c12. The Kier molecular flexibility index (Phi) is 6.27. The molecule has 12 heteroatoms. The van der Waals surface area contributed by atoms with Crippen LogP contribution in [0.2, 0.25) is 0 Å². The molecule has 0 fully saturated rings. The zero-order valence-corrected chi connectivity index (χ0v) is 20.7. The number of fused-ring (bicyclic) bond motifs is 1. The van der Waals surface area contributed by atoms with Crippen LogP contribution in [0.15, 0.2) is 71.9 Å². The van der Waals surface area contributed by atoms with Crippen molar-refractivity contribution in [3.05, 3.63) is 99.9 Å². The van der Waals surface area contributed by atoms with Crippen molar-refractivity contribution < 1.29 is 18.0 Å². The van der Waals surface area contributed by atoms with Crippen molar-refractivity contribution in [2.45, 2.75) is 19.5 Å². The lowest BCUT2D eigenvalue weighted by Gasteiger charge is -2.12. The maximum absolute atomic E-state index is 13.8. The molecule has 39 heavy (non-hydrogen) atoms. The highest BCUT2D eigenvalue weighted by Gasteiger charge is 2.34. The number of hydrogen-bond acceptors (Lipinski definition) is 5. The summed E-state index contributed by atoms with van der Waals surface area (Å²) < 4.78 is 45.0. The van der Waals surface area contributed by atoms with Gasteiger partial charge in [-0.05, 0) is 42.8 Å². The summed E-state index contributed by atoms with van der Waals surface area (Å²) in [4.78, 5) is 25.5. The summed E-state index contributed by atoms with van der Waals surface area (Å²) in [6, 6.07) is 15.5. The number of pyridine rings is 1. The Bertz CT molecular complexity index is 1820. The van der Waals surface area contributed by atoms with Crippen molar-refractivity contribution in [2.75, 3.05) is 5.32 Å². The Morgan fingerprint density at radius 3 is 2.49 bits per heavy atom. The molecule has 0 aliphatic heterocycles. The molecular weight excluding hydrogens is 511 g/mol. The molecule has 0 unspecified atom stereocenters. The highest BCUT2D eigenvalue weighted by Crippen LogP contribution is 2.35. The highest BCUT2D eigenvalue weighted by atomic mass is 19.4. The van der Waals surface area contributed by atoms with Gasteiger partial charge in [-0.25, -0.2) is 9.31 Å². The Morgan fingerprint density at radius 1 is 1.13 bits per heavy atom. The predicted molar refractivity (Wildman–Crippen MR) is 136 cm³/mol. The molecule has 0 aliphatic carbocycles. The van der Waals surface area contributed by atoms with Crippen molar-refractivity contribution in [3.63, 3.8) is 0 Å². The second-order valence-electron chi connectivity index (χ2n) is 8.74. The molecule has 3 heterocycles. The van der Waals surface area contributed by atoms with E-state index in [-0.39, 0.29) is 22.5 Å². The van der Waals surface area contributed by atoms with Gasteiger partial charge in [0, 0.05) is 30.1 Å². The van der Waals surface area contributed by atoms with E-state index in [1.165, 1.54) is 21.6 Å². The van der Waals surface area contributed by atoms with Crippen LogP contribution in [0.1, 0.15) is 34.0 Å². The number of amides is 1. The number of carbonyl (C=O) groups excluding carboxylic acids is 1. The lowest BCUT2D eigenvalue weighted by molar-refractivity contribution is -0.137. The number of nitrogens with zero attached hydrogens (tertiary/aromatic N) is 6. The minimum atomic E-state index is -4.72. The van der Waals surface area contributed by atoms with Crippen LogP contribution in [-0.4, -0.2) is 29.9 Å². The zero-order valence-electron chi connectivity index (χ0n) is 20.7. The molecule has 0 aliphatic rings. The number of halogens is 3. The molecule has 1 N–H and O–H groups in total. The fraction of sp³-hybridized carbons (Fsp3) is 0.148. The second-order valence-corrected chi connectivity index (χ2v) is 8.74. The first-order chi connectivity index (χ1) is 18.6. The van der Waals surface area contributed by atoms with Crippen LogP contribution in [-0.2, 0) is 19.6 Å².